The number of carbonyl (C=O) groups is 1. The Hall–Kier alpha value is -2.30. The Morgan fingerprint density at radius 2 is 2.04 bits per heavy atom. The molecule has 7 nitrogen and oxygen atoms in total. The van der Waals surface area contributed by atoms with Gasteiger partial charge >= 0.3 is 6.36 Å². The van der Waals surface area contributed by atoms with E-state index in [1.165, 1.54) is 16.8 Å². The summed E-state index contributed by atoms with van der Waals surface area (Å²) in [5.74, 6) is -0.485. The van der Waals surface area contributed by atoms with E-state index in [0.29, 0.717) is 17.4 Å². The van der Waals surface area contributed by atoms with Crippen molar-refractivity contribution in [3.8, 4) is 11.4 Å². The molecule has 0 unspecified atom stereocenters. The quantitative estimate of drug-likeness (QED) is 0.749. The van der Waals surface area contributed by atoms with Crippen LogP contribution in [0.3, 0.4) is 0 Å². The third-order valence-corrected chi connectivity index (χ3v) is 3.99. The van der Waals surface area contributed by atoms with Crippen LogP contribution < -0.4 is 10.1 Å². The van der Waals surface area contributed by atoms with E-state index in [4.69, 9.17) is 0 Å². The van der Waals surface area contributed by atoms with E-state index in [0.717, 1.165) is 30.3 Å². The second-order valence-corrected chi connectivity index (χ2v) is 6.27. The molecule has 0 radical (unpaired) electrons. The molecule has 1 atom stereocenters. The fourth-order valence-corrected chi connectivity index (χ4v) is 2.64. The van der Waals surface area contributed by atoms with Crippen molar-refractivity contribution in [2.24, 2.45) is 0 Å². The van der Waals surface area contributed by atoms with E-state index >= 15 is 0 Å². The van der Waals surface area contributed by atoms with Gasteiger partial charge in [0.15, 0.2) is 0 Å². The summed E-state index contributed by atoms with van der Waals surface area (Å²) in [5, 5.41) is 13.9. The number of hydrogen-bond donors (Lipinski definition) is 1. The van der Waals surface area contributed by atoms with Crippen LogP contribution >= 0.6 is 11.8 Å². The highest BCUT2D eigenvalue weighted by molar-refractivity contribution is 8.00. The second-order valence-electron chi connectivity index (χ2n) is 4.97. The molecule has 1 amide bonds. The zero-order chi connectivity index (χ0) is 18.4. The van der Waals surface area contributed by atoms with Crippen molar-refractivity contribution in [1.29, 1.82) is 0 Å². The number of carbonyl (C=O) groups excluding carboxylic acids is 1. The number of nitrogens with zero attached hydrogens (tertiary/aromatic N) is 4. The first-order valence-corrected chi connectivity index (χ1v) is 8.27. The van der Waals surface area contributed by atoms with E-state index in [1.807, 2.05) is 6.92 Å². The summed E-state index contributed by atoms with van der Waals surface area (Å²) in [5.41, 5.74) is 0.447. The summed E-state index contributed by atoms with van der Waals surface area (Å²) < 4.78 is 41.7. The Morgan fingerprint density at radius 1 is 1.36 bits per heavy atom. The number of aromatic nitrogens is 4. The highest BCUT2D eigenvalue weighted by Gasteiger charge is 2.31. The van der Waals surface area contributed by atoms with Crippen LogP contribution in [0.25, 0.3) is 5.69 Å². The maximum atomic E-state index is 12.2. The number of nitrogens with one attached hydrogen (secondary N) is 1. The van der Waals surface area contributed by atoms with E-state index in [1.54, 1.807) is 6.92 Å². The standard InChI is InChI=1S/C14H16F3N5O2S/c1-3-8-18-12(23)9(2)25-13-19-20-21-22(13)10-4-6-11(7-5-10)24-14(15,16)17/h4-7,9H,3,8H2,1-2H3,(H,18,23)/t9-/m0/s1. The average Bonchev–Trinajstić information content (AvgIpc) is 2.99. The molecule has 1 heterocycles. The van der Waals surface area contributed by atoms with Crippen molar-refractivity contribution in [3.63, 3.8) is 0 Å². The van der Waals surface area contributed by atoms with Gasteiger partial charge in [-0.2, -0.15) is 4.68 Å². The zero-order valence-electron chi connectivity index (χ0n) is 13.4. The minimum atomic E-state index is -4.75. The number of tetrazole rings is 1. The summed E-state index contributed by atoms with van der Waals surface area (Å²) in [4.78, 5) is 11.9. The minimum absolute atomic E-state index is 0.143. The molecule has 2 rings (SSSR count). The number of hydrogen-bond acceptors (Lipinski definition) is 6. The van der Waals surface area contributed by atoms with Gasteiger partial charge in [-0.3, -0.25) is 4.79 Å². The molecule has 2 aromatic rings. The fourth-order valence-electron chi connectivity index (χ4n) is 1.81. The number of alkyl halides is 3. The minimum Gasteiger partial charge on any atom is -0.406 e. The largest absolute Gasteiger partial charge is 0.573 e. The van der Waals surface area contributed by atoms with Crippen LogP contribution in [0.2, 0.25) is 0 Å². The lowest BCUT2D eigenvalue weighted by Crippen LogP contribution is -2.31. The number of amides is 1. The highest BCUT2D eigenvalue weighted by atomic mass is 32.2. The van der Waals surface area contributed by atoms with Crippen LogP contribution in [0.4, 0.5) is 13.2 Å². The molecular formula is C14H16F3N5O2S. The Balaban J connectivity index is 2.09. The summed E-state index contributed by atoms with van der Waals surface area (Å²) in [6, 6.07) is 5.11. The molecule has 11 heteroatoms. The number of benzene rings is 1. The number of thioether (sulfide) groups is 1. The van der Waals surface area contributed by atoms with Crippen molar-refractivity contribution in [2.75, 3.05) is 6.54 Å². The predicted molar refractivity (Wildman–Crippen MR) is 84.5 cm³/mol. The van der Waals surface area contributed by atoms with Crippen LogP contribution in [-0.2, 0) is 4.79 Å². The van der Waals surface area contributed by atoms with E-state index in [2.05, 4.69) is 25.6 Å². The fraction of sp³-hybridized carbons (Fsp3) is 0.429. The molecule has 0 bridgehead atoms. The molecule has 136 valence electrons. The molecule has 0 fully saturated rings. The monoisotopic (exact) mass is 375 g/mol. The maximum absolute atomic E-state index is 12.2. The van der Waals surface area contributed by atoms with Gasteiger partial charge in [-0.1, -0.05) is 18.7 Å². The Kier molecular flexibility index (Phi) is 6.23. The van der Waals surface area contributed by atoms with Crippen molar-refractivity contribution in [1.82, 2.24) is 25.5 Å². The summed E-state index contributed by atoms with van der Waals surface area (Å²) in [6.45, 7) is 4.25. The van der Waals surface area contributed by atoms with Gasteiger partial charge in [-0.05, 0) is 48.0 Å². The lowest BCUT2D eigenvalue weighted by atomic mass is 10.3. The van der Waals surface area contributed by atoms with Gasteiger partial charge in [-0.15, -0.1) is 18.3 Å². The lowest BCUT2D eigenvalue weighted by molar-refractivity contribution is -0.274. The average molecular weight is 375 g/mol. The first kappa shape index (κ1) is 19.0. The molecule has 1 aromatic heterocycles. The Labute approximate surface area is 145 Å². The number of rotatable bonds is 7. The molecule has 0 aliphatic rings. The number of halogens is 3. The topological polar surface area (TPSA) is 81.9 Å². The summed E-state index contributed by atoms with van der Waals surface area (Å²) >= 11 is 1.15. The van der Waals surface area contributed by atoms with Gasteiger partial charge in [0.05, 0.1) is 10.9 Å². The van der Waals surface area contributed by atoms with Gasteiger partial charge in [-0.25, -0.2) is 0 Å². The molecule has 0 aliphatic carbocycles. The van der Waals surface area contributed by atoms with Gasteiger partial charge in [0.1, 0.15) is 5.75 Å². The van der Waals surface area contributed by atoms with Gasteiger partial charge in [0, 0.05) is 6.54 Å². The van der Waals surface area contributed by atoms with E-state index in [-0.39, 0.29) is 11.7 Å². The van der Waals surface area contributed by atoms with Gasteiger partial charge < -0.3 is 10.1 Å². The normalized spacial score (nSPS) is 12.7. The first-order chi connectivity index (χ1) is 11.8. The maximum Gasteiger partial charge on any atom is 0.573 e. The molecule has 0 saturated carbocycles. The van der Waals surface area contributed by atoms with Crippen LogP contribution in [0.1, 0.15) is 20.3 Å². The van der Waals surface area contributed by atoms with Crippen molar-refractivity contribution >= 4 is 17.7 Å². The molecule has 0 saturated heterocycles. The molecule has 1 aromatic carbocycles. The molecule has 0 aliphatic heterocycles. The SMILES string of the molecule is CCCNC(=O)[C@H](C)Sc1nnnn1-c1ccc(OC(F)(F)F)cc1. The highest BCUT2D eigenvalue weighted by Crippen LogP contribution is 2.26. The van der Waals surface area contributed by atoms with E-state index < -0.39 is 11.6 Å². The second kappa shape index (κ2) is 8.19. The Morgan fingerprint density at radius 3 is 2.64 bits per heavy atom. The predicted octanol–water partition coefficient (Wildman–Crippen LogP) is 2.57. The molecule has 0 spiro atoms. The van der Waals surface area contributed by atoms with E-state index in [9.17, 15) is 18.0 Å². The van der Waals surface area contributed by atoms with Gasteiger partial charge in [0.2, 0.25) is 11.1 Å². The lowest BCUT2D eigenvalue weighted by Gasteiger charge is -2.12. The van der Waals surface area contributed by atoms with Gasteiger partial charge in [0.25, 0.3) is 0 Å². The third kappa shape index (κ3) is 5.62. The van der Waals surface area contributed by atoms with Crippen molar-refractivity contribution in [3.05, 3.63) is 24.3 Å². The van der Waals surface area contributed by atoms with Crippen LogP contribution in [0.5, 0.6) is 5.75 Å². The first-order valence-electron chi connectivity index (χ1n) is 7.39. The zero-order valence-corrected chi connectivity index (χ0v) is 14.3. The van der Waals surface area contributed by atoms with Crippen molar-refractivity contribution in [2.45, 2.75) is 37.0 Å². The molecular weight excluding hydrogens is 359 g/mol. The molecule has 25 heavy (non-hydrogen) atoms. The van der Waals surface area contributed by atoms with Crippen LogP contribution in [0, 0.1) is 0 Å². The smallest absolute Gasteiger partial charge is 0.406 e. The third-order valence-electron chi connectivity index (χ3n) is 2.96. The van der Waals surface area contributed by atoms with Crippen LogP contribution in [-0.4, -0.2) is 44.3 Å². The number of ether oxygens (including phenoxy) is 1. The summed E-state index contributed by atoms with van der Waals surface area (Å²) in [7, 11) is 0. The summed E-state index contributed by atoms with van der Waals surface area (Å²) in [6.07, 6.45) is -3.92. The molecule has 1 N–H and O–H groups in total. The van der Waals surface area contributed by atoms with Crippen LogP contribution in [0.15, 0.2) is 29.4 Å². The Bertz CT molecular complexity index is 705. The van der Waals surface area contributed by atoms with Crippen molar-refractivity contribution < 1.29 is 22.7 Å².